The average molecular weight is 428 g/mol. The van der Waals surface area contributed by atoms with E-state index in [-0.39, 0.29) is 0 Å². The first-order chi connectivity index (χ1) is 15.8. The van der Waals surface area contributed by atoms with Gasteiger partial charge in [-0.2, -0.15) is 0 Å². The summed E-state index contributed by atoms with van der Waals surface area (Å²) in [6.45, 7) is 0. The largest absolute Gasteiger partial charge is 0.355 e. The maximum atomic E-state index is 3.66. The van der Waals surface area contributed by atoms with E-state index in [9.17, 15) is 0 Å². The molecule has 6 rings (SSSR count). The van der Waals surface area contributed by atoms with E-state index in [0.717, 1.165) is 11.4 Å². The molecule has 6 aromatic rings. The number of thiophene rings is 1. The van der Waals surface area contributed by atoms with Crippen molar-refractivity contribution < 1.29 is 0 Å². The van der Waals surface area contributed by atoms with Crippen LogP contribution in [0, 0.1) is 0 Å². The smallest absolute Gasteiger partial charge is 0.0478 e. The second kappa shape index (κ2) is 7.99. The van der Waals surface area contributed by atoms with Crippen molar-refractivity contribution in [2.45, 2.75) is 0 Å². The summed E-state index contributed by atoms with van der Waals surface area (Å²) in [5.41, 5.74) is 7.22. The Morgan fingerprint density at radius 2 is 1.09 bits per heavy atom. The Morgan fingerprint density at radius 3 is 1.81 bits per heavy atom. The van der Waals surface area contributed by atoms with Gasteiger partial charge in [0.2, 0.25) is 0 Å². The van der Waals surface area contributed by atoms with Gasteiger partial charge >= 0.3 is 0 Å². The number of nitrogens with one attached hydrogen (secondary N) is 1. The van der Waals surface area contributed by atoms with E-state index >= 15 is 0 Å². The molecule has 0 fully saturated rings. The molecule has 1 nitrogen and oxygen atoms in total. The van der Waals surface area contributed by atoms with E-state index in [4.69, 9.17) is 0 Å². The molecule has 2 heteroatoms. The summed E-state index contributed by atoms with van der Waals surface area (Å²) in [6, 6.07) is 43.1. The standard InChI is InChI=1S/C30H21NS/c1-3-8-21(9-4-1)23-14-17-25(18-15-23)31-27-12-7-13-28-30(27)26-19-16-24(20-29(26)32-28)22-10-5-2-6-11-22/h1-20,31H. The van der Waals surface area contributed by atoms with Crippen LogP contribution in [-0.2, 0) is 0 Å². The van der Waals surface area contributed by atoms with E-state index in [1.165, 1.54) is 42.4 Å². The number of rotatable bonds is 4. The highest BCUT2D eigenvalue weighted by molar-refractivity contribution is 7.26. The lowest BCUT2D eigenvalue weighted by Gasteiger charge is -2.10. The molecule has 0 amide bonds. The molecule has 152 valence electrons. The highest BCUT2D eigenvalue weighted by Crippen LogP contribution is 2.40. The third-order valence-electron chi connectivity index (χ3n) is 5.88. The maximum absolute atomic E-state index is 3.66. The Morgan fingerprint density at radius 1 is 0.469 bits per heavy atom. The normalized spacial score (nSPS) is 11.1. The summed E-state index contributed by atoms with van der Waals surface area (Å²) in [7, 11) is 0. The summed E-state index contributed by atoms with van der Waals surface area (Å²) < 4.78 is 2.62. The van der Waals surface area contributed by atoms with Crippen molar-refractivity contribution >= 4 is 42.9 Å². The van der Waals surface area contributed by atoms with Crippen LogP contribution in [-0.4, -0.2) is 0 Å². The van der Waals surface area contributed by atoms with Gasteiger partial charge in [0.1, 0.15) is 0 Å². The summed E-state index contributed by atoms with van der Waals surface area (Å²) in [5.74, 6) is 0. The monoisotopic (exact) mass is 427 g/mol. The van der Waals surface area contributed by atoms with Crippen molar-refractivity contribution in [1.29, 1.82) is 0 Å². The van der Waals surface area contributed by atoms with Crippen LogP contribution in [0.15, 0.2) is 121 Å². The zero-order chi connectivity index (χ0) is 21.3. The third-order valence-corrected chi connectivity index (χ3v) is 6.99. The lowest BCUT2D eigenvalue weighted by molar-refractivity contribution is 1.57. The molecule has 0 spiro atoms. The first-order valence-corrected chi connectivity index (χ1v) is 11.6. The van der Waals surface area contributed by atoms with E-state index in [0.29, 0.717) is 0 Å². The molecule has 0 atom stereocenters. The van der Waals surface area contributed by atoms with Crippen molar-refractivity contribution in [3.63, 3.8) is 0 Å². The number of anilines is 2. The van der Waals surface area contributed by atoms with Gasteiger partial charge in [0.25, 0.3) is 0 Å². The highest BCUT2D eigenvalue weighted by atomic mass is 32.1. The second-order valence-corrected chi connectivity index (χ2v) is 9.01. The fourth-order valence-electron chi connectivity index (χ4n) is 4.27. The quantitative estimate of drug-likeness (QED) is 0.296. The molecule has 0 aliphatic rings. The fraction of sp³-hybridized carbons (Fsp3) is 0. The van der Waals surface area contributed by atoms with E-state index in [1.54, 1.807) is 0 Å². The molecule has 0 aliphatic carbocycles. The van der Waals surface area contributed by atoms with Crippen LogP contribution < -0.4 is 5.32 Å². The van der Waals surface area contributed by atoms with Gasteiger partial charge in [-0.05, 0) is 52.6 Å². The molecule has 5 aromatic carbocycles. The zero-order valence-corrected chi connectivity index (χ0v) is 18.3. The van der Waals surface area contributed by atoms with E-state index < -0.39 is 0 Å². The van der Waals surface area contributed by atoms with Crippen molar-refractivity contribution in [3.8, 4) is 22.3 Å². The Bertz CT molecular complexity index is 1510. The highest BCUT2D eigenvalue weighted by Gasteiger charge is 2.11. The summed E-state index contributed by atoms with van der Waals surface area (Å²) in [4.78, 5) is 0. The van der Waals surface area contributed by atoms with Crippen molar-refractivity contribution in [2.24, 2.45) is 0 Å². The lowest BCUT2D eigenvalue weighted by atomic mass is 10.0. The maximum Gasteiger partial charge on any atom is 0.0478 e. The predicted octanol–water partition coefficient (Wildman–Crippen LogP) is 9.13. The van der Waals surface area contributed by atoms with Gasteiger partial charge in [0, 0.05) is 31.5 Å². The molecule has 1 N–H and O–H groups in total. The Hall–Kier alpha value is -3.88. The molecule has 1 aromatic heterocycles. The van der Waals surface area contributed by atoms with Crippen LogP contribution in [0.1, 0.15) is 0 Å². The minimum Gasteiger partial charge on any atom is -0.355 e. The SMILES string of the molecule is c1ccc(-c2ccc(Nc3cccc4sc5cc(-c6ccccc6)ccc5c34)cc2)cc1. The van der Waals surface area contributed by atoms with Crippen LogP contribution in [0.4, 0.5) is 11.4 Å². The molecule has 0 bridgehead atoms. The molecular weight excluding hydrogens is 406 g/mol. The van der Waals surface area contributed by atoms with E-state index in [2.05, 4.69) is 121 Å². The van der Waals surface area contributed by atoms with Gasteiger partial charge in [-0.3, -0.25) is 0 Å². The van der Waals surface area contributed by atoms with Crippen LogP contribution in [0.25, 0.3) is 42.4 Å². The Labute approximate surface area is 191 Å². The molecule has 0 unspecified atom stereocenters. The number of hydrogen-bond donors (Lipinski definition) is 1. The molecule has 0 radical (unpaired) electrons. The minimum absolute atomic E-state index is 1.09. The second-order valence-electron chi connectivity index (χ2n) is 7.93. The zero-order valence-electron chi connectivity index (χ0n) is 17.5. The summed E-state index contributed by atoms with van der Waals surface area (Å²) in [6.07, 6.45) is 0. The molecule has 1 heterocycles. The van der Waals surface area contributed by atoms with Gasteiger partial charge in [0.05, 0.1) is 0 Å². The van der Waals surface area contributed by atoms with Gasteiger partial charge in [-0.15, -0.1) is 11.3 Å². The molecule has 32 heavy (non-hydrogen) atoms. The summed E-state index contributed by atoms with van der Waals surface area (Å²) >= 11 is 1.85. The summed E-state index contributed by atoms with van der Waals surface area (Å²) in [5, 5.41) is 6.25. The average Bonchev–Trinajstić information content (AvgIpc) is 3.24. The van der Waals surface area contributed by atoms with Gasteiger partial charge in [0.15, 0.2) is 0 Å². The third kappa shape index (κ3) is 3.45. The Kier molecular flexibility index (Phi) is 4.71. The number of fused-ring (bicyclic) bond motifs is 3. The van der Waals surface area contributed by atoms with Gasteiger partial charge in [-0.1, -0.05) is 91.0 Å². The van der Waals surface area contributed by atoms with Crippen molar-refractivity contribution in [1.82, 2.24) is 0 Å². The fourth-order valence-corrected chi connectivity index (χ4v) is 5.44. The first-order valence-electron chi connectivity index (χ1n) is 10.8. The molecule has 0 saturated heterocycles. The Balaban J connectivity index is 1.38. The predicted molar refractivity (Wildman–Crippen MR) is 140 cm³/mol. The van der Waals surface area contributed by atoms with Crippen molar-refractivity contribution in [2.75, 3.05) is 5.32 Å². The van der Waals surface area contributed by atoms with E-state index in [1.807, 2.05) is 17.4 Å². The lowest BCUT2D eigenvalue weighted by Crippen LogP contribution is -1.90. The molecule has 0 aliphatic heterocycles. The minimum atomic E-state index is 1.09. The van der Waals surface area contributed by atoms with Gasteiger partial charge in [-0.25, -0.2) is 0 Å². The van der Waals surface area contributed by atoms with Crippen LogP contribution in [0.5, 0.6) is 0 Å². The number of hydrogen-bond acceptors (Lipinski definition) is 2. The molecule has 0 saturated carbocycles. The molecular formula is C30H21NS. The van der Waals surface area contributed by atoms with Gasteiger partial charge < -0.3 is 5.32 Å². The van der Waals surface area contributed by atoms with Crippen LogP contribution in [0.2, 0.25) is 0 Å². The van der Waals surface area contributed by atoms with Crippen LogP contribution in [0.3, 0.4) is 0 Å². The van der Waals surface area contributed by atoms with Crippen LogP contribution >= 0.6 is 11.3 Å². The van der Waals surface area contributed by atoms with Crippen molar-refractivity contribution in [3.05, 3.63) is 121 Å². The topological polar surface area (TPSA) is 12.0 Å². The number of benzene rings is 5. The first kappa shape index (κ1) is 18.9.